The van der Waals surface area contributed by atoms with E-state index in [-0.39, 0.29) is 18.9 Å². The van der Waals surface area contributed by atoms with Gasteiger partial charge in [0.15, 0.2) is 11.6 Å². The van der Waals surface area contributed by atoms with E-state index in [0.717, 1.165) is 43.3 Å². The summed E-state index contributed by atoms with van der Waals surface area (Å²) in [5.74, 6) is -3.50. The maximum absolute atomic E-state index is 14.7. The second-order valence-electron chi connectivity index (χ2n) is 11.5. The van der Waals surface area contributed by atoms with Crippen molar-refractivity contribution in [3.05, 3.63) is 65.0 Å². The highest BCUT2D eigenvalue weighted by Gasteiger charge is 2.38. The van der Waals surface area contributed by atoms with Gasteiger partial charge in [-0.3, -0.25) is 4.79 Å². The molecule has 2 atom stereocenters. The molecule has 1 aliphatic carbocycles. The van der Waals surface area contributed by atoms with Crippen molar-refractivity contribution in [1.82, 2.24) is 14.5 Å². The number of carbonyl (C=O) groups excluding carboxylic acids is 1. The van der Waals surface area contributed by atoms with Gasteiger partial charge in [-0.15, -0.1) is 0 Å². The van der Waals surface area contributed by atoms with E-state index in [1.165, 1.54) is 5.56 Å². The summed E-state index contributed by atoms with van der Waals surface area (Å²) < 4.78 is 70.2. The number of rotatable bonds is 9. The molecular formula is C30H40F3N3O3S. The molecule has 220 valence electrons. The zero-order valence-corrected chi connectivity index (χ0v) is 24.3. The first-order chi connectivity index (χ1) is 19.0. The van der Waals surface area contributed by atoms with Gasteiger partial charge in [0.05, 0.1) is 0 Å². The number of benzene rings is 2. The molecule has 0 aromatic heterocycles. The lowest BCUT2D eigenvalue weighted by Crippen LogP contribution is -2.46. The second kappa shape index (κ2) is 13.0. The molecule has 1 amide bonds. The van der Waals surface area contributed by atoms with Crippen molar-refractivity contribution in [3.63, 3.8) is 0 Å². The molecule has 2 aromatic carbocycles. The van der Waals surface area contributed by atoms with E-state index in [1.54, 1.807) is 0 Å². The average molecular weight is 580 g/mol. The average Bonchev–Trinajstić information content (AvgIpc) is 2.94. The Kier molecular flexibility index (Phi) is 9.95. The van der Waals surface area contributed by atoms with Gasteiger partial charge in [-0.1, -0.05) is 36.8 Å². The van der Waals surface area contributed by atoms with Crippen LogP contribution in [-0.2, 0) is 14.8 Å². The van der Waals surface area contributed by atoms with E-state index >= 15 is 0 Å². The third-order valence-electron chi connectivity index (χ3n) is 8.55. The first-order valence-electron chi connectivity index (χ1n) is 14.1. The quantitative estimate of drug-likeness (QED) is 0.395. The lowest BCUT2D eigenvalue weighted by Gasteiger charge is -2.38. The maximum atomic E-state index is 14.7. The van der Waals surface area contributed by atoms with Gasteiger partial charge in [0.1, 0.15) is 10.7 Å². The molecule has 0 bridgehead atoms. The fraction of sp³-hybridized carbons (Fsp3) is 0.567. The van der Waals surface area contributed by atoms with Crippen LogP contribution >= 0.6 is 0 Å². The summed E-state index contributed by atoms with van der Waals surface area (Å²) in [7, 11) is -0.237. The van der Waals surface area contributed by atoms with Crippen LogP contribution in [-0.4, -0.2) is 56.8 Å². The number of halogens is 3. The Morgan fingerprint density at radius 3 is 2.35 bits per heavy atom. The summed E-state index contributed by atoms with van der Waals surface area (Å²) in [5.41, 5.74) is 0.634. The Labute approximate surface area is 236 Å². The molecule has 0 radical (unpaired) electrons. The van der Waals surface area contributed by atoms with Crippen molar-refractivity contribution in [2.75, 3.05) is 27.2 Å². The normalized spacial score (nSPS) is 23.2. The maximum Gasteiger partial charge on any atom is 0.246 e. The van der Waals surface area contributed by atoms with Crippen molar-refractivity contribution in [2.45, 2.75) is 75.3 Å². The Hall–Kier alpha value is -2.43. The number of nitrogens with one attached hydrogen (secondary N) is 1. The SMILES string of the molecule is Cc1c(F)c(F)cc(S(=O)(=O)N2CCCCC2CC(=O)NCC2CCC(C(c3ccccc3)N(C)C)CC2)c1F. The summed E-state index contributed by atoms with van der Waals surface area (Å²) in [5, 5.41) is 2.99. The largest absolute Gasteiger partial charge is 0.356 e. The van der Waals surface area contributed by atoms with Gasteiger partial charge < -0.3 is 10.2 Å². The van der Waals surface area contributed by atoms with Crippen LogP contribution in [0.4, 0.5) is 13.2 Å². The third-order valence-corrected chi connectivity index (χ3v) is 10.5. The van der Waals surface area contributed by atoms with Crippen molar-refractivity contribution in [3.8, 4) is 0 Å². The zero-order valence-electron chi connectivity index (χ0n) is 23.5. The molecule has 1 heterocycles. The van der Waals surface area contributed by atoms with Gasteiger partial charge in [0.2, 0.25) is 15.9 Å². The number of hydrogen-bond donors (Lipinski definition) is 1. The molecule has 1 N–H and O–H groups in total. The van der Waals surface area contributed by atoms with Crippen LogP contribution in [0, 0.1) is 36.2 Å². The number of carbonyl (C=O) groups is 1. The Morgan fingerprint density at radius 2 is 1.70 bits per heavy atom. The van der Waals surface area contributed by atoms with E-state index in [2.05, 4.69) is 48.6 Å². The Morgan fingerprint density at radius 1 is 1.02 bits per heavy atom. The smallest absolute Gasteiger partial charge is 0.246 e. The monoisotopic (exact) mass is 579 g/mol. The van der Waals surface area contributed by atoms with Crippen LogP contribution in [0.3, 0.4) is 0 Å². The van der Waals surface area contributed by atoms with Gasteiger partial charge in [-0.05, 0) is 83.0 Å². The standard InChI is InChI=1S/C30H40F3N3O3S/c1-20-28(32)25(31)18-26(29(20)33)40(38,39)36-16-8-7-11-24(36)17-27(37)34-19-21-12-14-23(15-13-21)30(35(2)3)22-9-5-4-6-10-22/h4-6,9-10,18,21,23-24,30H,7-8,11-17,19H2,1-3H3,(H,34,37). The number of piperidine rings is 1. The van der Waals surface area contributed by atoms with Crippen LogP contribution in [0.25, 0.3) is 0 Å². The van der Waals surface area contributed by atoms with Crippen molar-refractivity contribution in [2.24, 2.45) is 11.8 Å². The van der Waals surface area contributed by atoms with Gasteiger partial charge in [-0.25, -0.2) is 21.6 Å². The summed E-state index contributed by atoms with van der Waals surface area (Å²) in [6, 6.07) is 10.6. The van der Waals surface area contributed by atoms with Crippen LogP contribution < -0.4 is 5.32 Å². The first-order valence-corrected chi connectivity index (χ1v) is 15.6. The molecule has 10 heteroatoms. The van der Waals surface area contributed by atoms with Gasteiger partial charge in [0, 0.05) is 37.2 Å². The first kappa shape index (κ1) is 30.5. The molecule has 2 aromatic rings. The Bertz CT molecular complexity index is 1280. The Balaban J connectivity index is 1.34. The molecule has 1 saturated heterocycles. The van der Waals surface area contributed by atoms with E-state index < -0.39 is 44.0 Å². The fourth-order valence-corrected chi connectivity index (χ4v) is 8.23. The minimum Gasteiger partial charge on any atom is -0.356 e. The predicted molar refractivity (Wildman–Crippen MR) is 149 cm³/mol. The molecule has 2 fully saturated rings. The highest BCUT2D eigenvalue weighted by Crippen LogP contribution is 2.39. The summed E-state index contributed by atoms with van der Waals surface area (Å²) >= 11 is 0. The van der Waals surface area contributed by atoms with E-state index in [0.29, 0.717) is 43.3 Å². The van der Waals surface area contributed by atoms with Crippen molar-refractivity contribution in [1.29, 1.82) is 0 Å². The molecule has 40 heavy (non-hydrogen) atoms. The molecule has 0 spiro atoms. The van der Waals surface area contributed by atoms with E-state index in [4.69, 9.17) is 0 Å². The van der Waals surface area contributed by atoms with Crippen molar-refractivity contribution >= 4 is 15.9 Å². The number of sulfonamides is 1. The van der Waals surface area contributed by atoms with E-state index in [1.807, 2.05) is 6.07 Å². The van der Waals surface area contributed by atoms with Crippen molar-refractivity contribution < 1.29 is 26.4 Å². The highest BCUT2D eigenvalue weighted by atomic mass is 32.2. The number of hydrogen-bond acceptors (Lipinski definition) is 4. The number of amides is 1. The zero-order chi connectivity index (χ0) is 29.0. The minimum absolute atomic E-state index is 0.0600. The lowest BCUT2D eigenvalue weighted by molar-refractivity contribution is -0.122. The number of nitrogens with zero attached hydrogens (tertiary/aromatic N) is 2. The van der Waals surface area contributed by atoms with Crippen LogP contribution in [0.15, 0.2) is 41.3 Å². The third kappa shape index (κ3) is 6.71. The van der Waals surface area contributed by atoms with Crippen LogP contribution in [0.2, 0.25) is 0 Å². The van der Waals surface area contributed by atoms with Crippen LogP contribution in [0.1, 0.15) is 68.5 Å². The minimum atomic E-state index is -4.46. The molecule has 4 rings (SSSR count). The molecular weight excluding hydrogens is 539 g/mol. The van der Waals surface area contributed by atoms with Gasteiger partial charge in [0.25, 0.3) is 0 Å². The topological polar surface area (TPSA) is 69.7 Å². The lowest BCUT2D eigenvalue weighted by atomic mass is 9.76. The molecule has 1 saturated carbocycles. The van der Waals surface area contributed by atoms with E-state index in [9.17, 15) is 26.4 Å². The van der Waals surface area contributed by atoms with Crippen LogP contribution in [0.5, 0.6) is 0 Å². The fourth-order valence-electron chi connectivity index (χ4n) is 6.41. The summed E-state index contributed by atoms with van der Waals surface area (Å²) in [4.78, 5) is 14.3. The molecule has 2 unspecified atom stereocenters. The summed E-state index contributed by atoms with van der Waals surface area (Å²) in [6.45, 7) is 1.62. The molecule has 1 aliphatic heterocycles. The van der Waals surface area contributed by atoms with Gasteiger partial charge >= 0.3 is 0 Å². The highest BCUT2D eigenvalue weighted by molar-refractivity contribution is 7.89. The molecule has 6 nitrogen and oxygen atoms in total. The predicted octanol–water partition coefficient (Wildman–Crippen LogP) is 5.57. The molecule has 2 aliphatic rings. The van der Waals surface area contributed by atoms with Gasteiger partial charge in [-0.2, -0.15) is 4.31 Å². The second-order valence-corrected chi connectivity index (χ2v) is 13.3. The summed E-state index contributed by atoms with van der Waals surface area (Å²) in [6.07, 6.45) is 5.77.